The molecule has 1 aliphatic rings. The van der Waals surface area contributed by atoms with Crippen molar-refractivity contribution in [3.8, 4) is 17.6 Å². The summed E-state index contributed by atoms with van der Waals surface area (Å²) in [6, 6.07) is 7.13. The number of nitrogens with zero attached hydrogens (tertiary/aromatic N) is 1. The highest BCUT2D eigenvalue weighted by Gasteiger charge is 2.46. The quantitative estimate of drug-likeness (QED) is 0.749. The molecule has 1 aliphatic heterocycles. The standard InChI is InChI=1S/C16H21N2O5P/c1-4-20-13-9-7-8-11-14(13)23-16(18)12(10-17)15(11)24(19,21-5-2)22-6-3/h7-9,15H,4-6,18H2,1-3H3. The summed E-state index contributed by atoms with van der Waals surface area (Å²) < 4.78 is 35.3. The maximum absolute atomic E-state index is 13.3. The number of nitriles is 1. The number of allylic oxidation sites excluding steroid dienone is 1. The van der Waals surface area contributed by atoms with Gasteiger partial charge in [-0.3, -0.25) is 4.57 Å². The zero-order valence-electron chi connectivity index (χ0n) is 13.9. The van der Waals surface area contributed by atoms with Crippen LogP contribution >= 0.6 is 7.60 Å². The Labute approximate surface area is 141 Å². The van der Waals surface area contributed by atoms with E-state index in [9.17, 15) is 9.83 Å². The van der Waals surface area contributed by atoms with E-state index >= 15 is 0 Å². The Morgan fingerprint density at radius 2 is 1.92 bits per heavy atom. The Hall–Kier alpha value is -2.00. The van der Waals surface area contributed by atoms with Gasteiger partial charge in [-0.1, -0.05) is 12.1 Å². The first-order valence-corrected chi connectivity index (χ1v) is 9.35. The average molecular weight is 352 g/mol. The van der Waals surface area contributed by atoms with Gasteiger partial charge < -0.3 is 24.3 Å². The summed E-state index contributed by atoms with van der Waals surface area (Å²) >= 11 is 0. The number of ether oxygens (including phenoxy) is 2. The molecule has 0 saturated heterocycles. The Balaban J connectivity index is 2.67. The lowest BCUT2D eigenvalue weighted by Crippen LogP contribution is -2.22. The van der Waals surface area contributed by atoms with Crippen molar-refractivity contribution in [1.82, 2.24) is 0 Å². The smallest absolute Gasteiger partial charge is 0.343 e. The highest BCUT2D eigenvalue weighted by atomic mass is 31.2. The van der Waals surface area contributed by atoms with Gasteiger partial charge in [-0.25, -0.2) is 0 Å². The molecule has 0 fully saturated rings. The summed E-state index contributed by atoms with van der Waals surface area (Å²) in [4.78, 5) is 0. The van der Waals surface area contributed by atoms with E-state index in [-0.39, 0.29) is 24.7 Å². The first-order valence-electron chi connectivity index (χ1n) is 7.74. The Bertz CT molecular complexity index is 716. The lowest BCUT2D eigenvalue weighted by atomic mass is 10.0. The number of para-hydroxylation sites is 1. The third-order valence-corrected chi connectivity index (χ3v) is 5.81. The molecule has 1 unspecified atom stereocenters. The minimum atomic E-state index is -3.67. The highest BCUT2D eigenvalue weighted by Crippen LogP contribution is 2.66. The van der Waals surface area contributed by atoms with Crippen LogP contribution in [0.25, 0.3) is 0 Å². The molecule has 0 amide bonds. The van der Waals surface area contributed by atoms with Gasteiger partial charge in [0, 0.05) is 5.56 Å². The van der Waals surface area contributed by atoms with Crippen LogP contribution in [0.15, 0.2) is 29.7 Å². The van der Waals surface area contributed by atoms with E-state index in [0.29, 0.717) is 23.7 Å². The predicted octanol–water partition coefficient (Wildman–Crippen LogP) is 3.48. The zero-order valence-corrected chi connectivity index (χ0v) is 14.8. The van der Waals surface area contributed by atoms with E-state index in [1.54, 1.807) is 32.0 Å². The molecule has 1 atom stereocenters. The minimum absolute atomic E-state index is 0.0291. The number of fused-ring (bicyclic) bond motifs is 1. The number of benzene rings is 1. The van der Waals surface area contributed by atoms with Crippen molar-refractivity contribution in [1.29, 1.82) is 5.26 Å². The number of rotatable bonds is 7. The molecule has 24 heavy (non-hydrogen) atoms. The molecule has 1 aromatic rings. The van der Waals surface area contributed by atoms with E-state index in [0.717, 1.165) is 0 Å². The number of hydrogen-bond donors (Lipinski definition) is 1. The van der Waals surface area contributed by atoms with Crippen LogP contribution < -0.4 is 15.2 Å². The molecule has 0 saturated carbocycles. The molecular weight excluding hydrogens is 331 g/mol. The van der Waals surface area contributed by atoms with Gasteiger partial charge in [-0.15, -0.1) is 0 Å². The van der Waals surface area contributed by atoms with Gasteiger partial charge in [0.15, 0.2) is 11.5 Å². The van der Waals surface area contributed by atoms with Crippen molar-refractivity contribution in [3.63, 3.8) is 0 Å². The van der Waals surface area contributed by atoms with Crippen molar-refractivity contribution < 1.29 is 23.1 Å². The molecule has 2 N–H and O–H groups in total. The fourth-order valence-corrected chi connectivity index (χ4v) is 4.71. The fourth-order valence-electron chi connectivity index (χ4n) is 2.57. The molecule has 1 aromatic carbocycles. The van der Waals surface area contributed by atoms with E-state index in [4.69, 9.17) is 24.3 Å². The molecule has 130 valence electrons. The Kier molecular flexibility index (Phi) is 5.89. The van der Waals surface area contributed by atoms with Crippen molar-refractivity contribution in [2.45, 2.75) is 26.4 Å². The molecule has 0 spiro atoms. The van der Waals surface area contributed by atoms with Crippen LogP contribution in [0, 0.1) is 11.3 Å². The Morgan fingerprint density at radius 1 is 1.25 bits per heavy atom. The first kappa shape index (κ1) is 18.3. The van der Waals surface area contributed by atoms with E-state index < -0.39 is 13.3 Å². The van der Waals surface area contributed by atoms with Gasteiger partial charge in [0.1, 0.15) is 17.3 Å². The maximum atomic E-state index is 13.3. The van der Waals surface area contributed by atoms with E-state index in [2.05, 4.69) is 0 Å². The van der Waals surface area contributed by atoms with Crippen LogP contribution in [0.2, 0.25) is 0 Å². The summed E-state index contributed by atoms with van der Waals surface area (Å²) in [6.45, 7) is 6.03. The molecule has 8 heteroatoms. The van der Waals surface area contributed by atoms with Crippen LogP contribution in [-0.4, -0.2) is 19.8 Å². The van der Waals surface area contributed by atoms with Gasteiger partial charge in [-0.05, 0) is 26.8 Å². The average Bonchev–Trinajstić information content (AvgIpc) is 2.55. The van der Waals surface area contributed by atoms with Crippen LogP contribution in [0.3, 0.4) is 0 Å². The van der Waals surface area contributed by atoms with E-state index in [1.807, 2.05) is 13.0 Å². The summed E-state index contributed by atoms with van der Waals surface area (Å²) in [5.74, 6) is 0.668. The third kappa shape index (κ3) is 3.27. The summed E-state index contributed by atoms with van der Waals surface area (Å²) in [6.07, 6.45) is 0. The highest BCUT2D eigenvalue weighted by molar-refractivity contribution is 7.54. The van der Waals surface area contributed by atoms with E-state index in [1.165, 1.54) is 0 Å². The molecule has 2 rings (SSSR count). The van der Waals surface area contributed by atoms with Gasteiger partial charge in [0.25, 0.3) is 0 Å². The molecule has 0 aromatic heterocycles. The van der Waals surface area contributed by atoms with Gasteiger partial charge in [-0.2, -0.15) is 5.26 Å². The summed E-state index contributed by atoms with van der Waals surface area (Å²) in [5.41, 5.74) is 5.47. The van der Waals surface area contributed by atoms with Crippen LogP contribution in [0.4, 0.5) is 0 Å². The van der Waals surface area contributed by atoms with Crippen LogP contribution in [0.5, 0.6) is 11.5 Å². The predicted molar refractivity (Wildman–Crippen MR) is 88.7 cm³/mol. The van der Waals surface area contributed by atoms with Crippen molar-refractivity contribution in [2.75, 3.05) is 19.8 Å². The maximum Gasteiger partial charge on any atom is 0.343 e. The van der Waals surface area contributed by atoms with Gasteiger partial charge in [0.05, 0.1) is 19.8 Å². The lowest BCUT2D eigenvalue weighted by Gasteiger charge is -2.31. The summed E-state index contributed by atoms with van der Waals surface area (Å²) in [7, 11) is -3.67. The largest absolute Gasteiger partial charge is 0.490 e. The van der Waals surface area contributed by atoms with Crippen LogP contribution in [-0.2, 0) is 13.6 Å². The lowest BCUT2D eigenvalue weighted by molar-refractivity contribution is 0.212. The molecule has 7 nitrogen and oxygen atoms in total. The fraction of sp³-hybridized carbons (Fsp3) is 0.438. The van der Waals surface area contributed by atoms with Gasteiger partial charge in [0.2, 0.25) is 5.88 Å². The second kappa shape index (κ2) is 7.71. The molecule has 0 radical (unpaired) electrons. The van der Waals surface area contributed by atoms with Crippen LogP contribution in [0.1, 0.15) is 32.0 Å². The second-order valence-electron chi connectivity index (χ2n) is 4.88. The van der Waals surface area contributed by atoms with Gasteiger partial charge >= 0.3 is 7.60 Å². The minimum Gasteiger partial charge on any atom is -0.490 e. The molecule has 1 heterocycles. The SMILES string of the molecule is CCOc1cccc2c1OC(N)=C(C#N)C2P(=O)(OCC)OCC. The second-order valence-corrected chi connectivity index (χ2v) is 6.99. The Morgan fingerprint density at radius 3 is 2.46 bits per heavy atom. The van der Waals surface area contributed by atoms with Crippen molar-refractivity contribution in [2.24, 2.45) is 5.73 Å². The number of nitrogens with two attached hydrogens (primary N) is 1. The third-order valence-electron chi connectivity index (χ3n) is 3.41. The molecular formula is C16H21N2O5P. The molecule has 0 aliphatic carbocycles. The summed E-state index contributed by atoms with van der Waals surface area (Å²) in [5, 5.41) is 9.50. The number of hydrogen-bond acceptors (Lipinski definition) is 7. The molecule has 0 bridgehead atoms. The normalized spacial score (nSPS) is 17.0. The van der Waals surface area contributed by atoms with Crippen molar-refractivity contribution >= 4 is 7.60 Å². The topological polar surface area (TPSA) is 104 Å². The zero-order chi connectivity index (χ0) is 17.7. The van der Waals surface area contributed by atoms with Crippen molar-refractivity contribution in [3.05, 3.63) is 35.2 Å². The first-order chi connectivity index (χ1) is 11.5. The monoisotopic (exact) mass is 352 g/mol.